The van der Waals surface area contributed by atoms with Crippen LogP contribution in [-0.4, -0.2) is 16.1 Å². The topological polar surface area (TPSA) is 70.2 Å². The van der Waals surface area contributed by atoms with Crippen molar-refractivity contribution in [2.24, 2.45) is 0 Å². The average molecular weight is 167 g/mol. The molecule has 0 aromatic carbocycles. The Morgan fingerprint density at radius 3 is 2.92 bits per heavy atom. The van der Waals surface area contributed by atoms with E-state index in [1.54, 1.807) is 0 Å². The zero-order chi connectivity index (χ0) is 8.97. The minimum atomic E-state index is -0.861. The third-order valence-electron chi connectivity index (χ3n) is 1.44. The molecule has 0 spiro atoms. The van der Waals surface area contributed by atoms with Crippen LogP contribution in [0.15, 0.2) is 23.1 Å². The average Bonchev–Trinajstić information content (AvgIpc) is 2.01. The van der Waals surface area contributed by atoms with Crippen LogP contribution in [0.25, 0.3) is 0 Å². The van der Waals surface area contributed by atoms with Gasteiger partial charge in [-0.05, 0) is 6.42 Å². The number of aromatic amines is 1. The van der Waals surface area contributed by atoms with Gasteiger partial charge in [0.15, 0.2) is 5.43 Å². The number of carboxylic acids is 1. The summed E-state index contributed by atoms with van der Waals surface area (Å²) in [4.78, 5) is 23.7. The van der Waals surface area contributed by atoms with Gasteiger partial charge in [0.25, 0.3) is 0 Å². The molecule has 2 N–H and O–H groups in total. The molecule has 0 saturated heterocycles. The molecule has 4 nitrogen and oxygen atoms in total. The minimum Gasteiger partial charge on any atom is -0.481 e. The summed E-state index contributed by atoms with van der Waals surface area (Å²) in [6.45, 7) is 0. The Hall–Kier alpha value is -1.58. The Balaban J connectivity index is 2.64. The molecule has 1 rings (SSSR count). The van der Waals surface area contributed by atoms with E-state index in [1.165, 1.54) is 18.3 Å². The molecule has 0 saturated carbocycles. The fraction of sp³-hybridized carbons (Fsp3) is 0.250. The van der Waals surface area contributed by atoms with Crippen LogP contribution in [-0.2, 0) is 11.2 Å². The largest absolute Gasteiger partial charge is 0.481 e. The molecular weight excluding hydrogens is 158 g/mol. The first-order chi connectivity index (χ1) is 5.68. The molecule has 12 heavy (non-hydrogen) atoms. The number of nitrogens with one attached hydrogen (secondary N) is 1. The lowest BCUT2D eigenvalue weighted by Crippen LogP contribution is -2.04. The Labute approximate surface area is 68.9 Å². The van der Waals surface area contributed by atoms with Crippen molar-refractivity contribution in [2.45, 2.75) is 12.8 Å². The number of pyridine rings is 1. The molecule has 4 heteroatoms. The highest BCUT2D eigenvalue weighted by molar-refractivity contribution is 5.66. The molecule has 1 heterocycles. The fourth-order valence-corrected chi connectivity index (χ4v) is 0.878. The van der Waals surface area contributed by atoms with E-state index < -0.39 is 5.97 Å². The smallest absolute Gasteiger partial charge is 0.303 e. The van der Waals surface area contributed by atoms with Gasteiger partial charge < -0.3 is 10.1 Å². The SMILES string of the molecule is O=C(O)CCc1cc(=O)cc[nH]1. The molecule has 1 aromatic heterocycles. The summed E-state index contributed by atoms with van der Waals surface area (Å²) < 4.78 is 0. The Kier molecular flexibility index (Phi) is 2.63. The maximum Gasteiger partial charge on any atom is 0.303 e. The van der Waals surface area contributed by atoms with Gasteiger partial charge in [-0.3, -0.25) is 9.59 Å². The lowest BCUT2D eigenvalue weighted by molar-refractivity contribution is -0.136. The third kappa shape index (κ3) is 2.57. The highest BCUT2D eigenvalue weighted by Crippen LogP contribution is 1.94. The van der Waals surface area contributed by atoms with Crippen LogP contribution in [0.4, 0.5) is 0 Å². The van der Waals surface area contributed by atoms with Crippen LogP contribution in [0.2, 0.25) is 0 Å². The van der Waals surface area contributed by atoms with Gasteiger partial charge in [-0.15, -0.1) is 0 Å². The Morgan fingerprint density at radius 1 is 1.58 bits per heavy atom. The van der Waals surface area contributed by atoms with Crippen LogP contribution in [0.1, 0.15) is 12.1 Å². The van der Waals surface area contributed by atoms with Crippen molar-refractivity contribution < 1.29 is 9.90 Å². The molecule has 0 aliphatic heterocycles. The van der Waals surface area contributed by atoms with Crippen molar-refractivity contribution >= 4 is 5.97 Å². The highest BCUT2D eigenvalue weighted by Gasteiger charge is 1.98. The fourth-order valence-electron chi connectivity index (χ4n) is 0.878. The molecule has 0 bridgehead atoms. The molecule has 0 radical (unpaired) electrons. The number of aryl methyl sites for hydroxylation is 1. The number of hydrogen-bond acceptors (Lipinski definition) is 2. The maximum atomic E-state index is 10.8. The number of aromatic nitrogens is 1. The zero-order valence-corrected chi connectivity index (χ0v) is 6.41. The number of H-pyrrole nitrogens is 1. The van der Waals surface area contributed by atoms with Crippen LogP contribution in [0.5, 0.6) is 0 Å². The molecule has 0 aliphatic carbocycles. The van der Waals surface area contributed by atoms with E-state index in [2.05, 4.69) is 4.98 Å². The van der Waals surface area contributed by atoms with Gasteiger partial charge in [-0.25, -0.2) is 0 Å². The predicted octanol–water partition coefficient (Wildman–Crippen LogP) is 0.392. The normalized spacial score (nSPS) is 9.67. The van der Waals surface area contributed by atoms with Gasteiger partial charge in [-0.1, -0.05) is 0 Å². The number of rotatable bonds is 3. The maximum absolute atomic E-state index is 10.8. The molecule has 0 fully saturated rings. The first-order valence-corrected chi connectivity index (χ1v) is 3.58. The summed E-state index contributed by atoms with van der Waals surface area (Å²) in [5.74, 6) is -0.861. The number of aliphatic carboxylic acids is 1. The van der Waals surface area contributed by atoms with Crippen LogP contribution >= 0.6 is 0 Å². The first-order valence-electron chi connectivity index (χ1n) is 3.58. The van der Waals surface area contributed by atoms with Crippen molar-refractivity contribution in [2.75, 3.05) is 0 Å². The van der Waals surface area contributed by atoms with E-state index in [9.17, 15) is 9.59 Å². The first kappa shape index (κ1) is 8.52. The van der Waals surface area contributed by atoms with Crippen molar-refractivity contribution in [3.63, 3.8) is 0 Å². The van der Waals surface area contributed by atoms with Gasteiger partial charge in [0.05, 0.1) is 6.42 Å². The third-order valence-corrected chi connectivity index (χ3v) is 1.44. The van der Waals surface area contributed by atoms with E-state index in [1.807, 2.05) is 0 Å². The van der Waals surface area contributed by atoms with E-state index >= 15 is 0 Å². The highest BCUT2D eigenvalue weighted by atomic mass is 16.4. The summed E-state index contributed by atoms with van der Waals surface area (Å²) in [5.41, 5.74) is 0.555. The van der Waals surface area contributed by atoms with E-state index in [0.29, 0.717) is 12.1 Å². The molecule has 0 atom stereocenters. The van der Waals surface area contributed by atoms with E-state index in [0.717, 1.165) is 0 Å². The minimum absolute atomic E-state index is 0.0416. The Morgan fingerprint density at radius 2 is 2.33 bits per heavy atom. The van der Waals surface area contributed by atoms with E-state index in [-0.39, 0.29) is 11.8 Å². The molecular formula is C8H9NO3. The van der Waals surface area contributed by atoms with Crippen molar-refractivity contribution in [3.05, 3.63) is 34.2 Å². The standard InChI is InChI=1S/C8H9NO3/c10-7-3-4-9-6(5-7)1-2-8(11)12/h3-5H,1-2H2,(H,9,10)(H,11,12). The molecule has 64 valence electrons. The molecule has 0 aliphatic rings. The number of carbonyl (C=O) groups is 1. The van der Waals surface area contributed by atoms with Crippen LogP contribution in [0.3, 0.4) is 0 Å². The molecule has 0 unspecified atom stereocenters. The number of carboxylic acid groups (broad SMARTS) is 1. The summed E-state index contributed by atoms with van der Waals surface area (Å²) >= 11 is 0. The van der Waals surface area contributed by atoms with Crippen molar-refractivity contribution in [1.82, 2.24) is 4.98 Å². The monoisotopic (exact) mass is 167 g/mol. The summed E-state index contributed by atoms with van der Waals surface area (Å²) in [7, 11) is 0. The van der Waals surface area contributed by atoms with Gasteiger partial charge in [0.2, 0.25) is 0 Å². The second-order valence-corrected chi connectivity index (χ2v) is 2.44. The zero-order valence-electron chi connectivity index (χ0n) is 6.41. The molecule has 1 aromatic rings. The lowest BCUT2D eigenvalue weighted by atomic mass is 10.2. The second kappa shape index (κ2) is 3.71. The lowest BCUT2D eigenvalue weighted by Gasteiger charge is -1.96. The molecule has 0 amide bonds. The second-order valence-electron chi connectivity index (χ2n) is 2.44. The van der Waals surface area contributed by atoms with Crippen LogP contribution < -0.4 is 5.43 Å². The summed E-state index contributed by atoms with van der Waals surface area (Å²) in [6.07, 6.45) is 1.92. The number of hydrogen-bond donors (Lipinski definition) is 2. The van der Waals surface area contributed by atoms with Crippen LogP contribution in [0, 0.1) is 0 Å². The Bertz CT molecular complexity index is 329. The quantitative estimate of drug-likeness (QED) is 0.684. The van der Waals surface area contributed by atoms with Gasteiger partial charge in [0.1, 0.15) is 0 Å². The van der Waals surface area contributed by atoms with Crippen molar-refractivity contribution in [3.8, 4) is 0 Å². The van der Waals surface area contributed by atoms with E-state index in [4.69, 9.17) is 5.11 Å². The van der Waals surface area contributed by atoms with Gasteiger partial charge in [-0.2, -0.15) is 0 Å². The predicted molar refractivity (Wildman–Crippen MR) is 43.0 cm³/mol. The summed E-state index contributed by atoms with van der Waals surface area (Å²) in [5, 5.41) is 8.35. The van der Waals surface area contributed by atoms with Gasteiger partial charge in [0, 0.05) is 24.0 Å². The van der Waals surface area contributed by atoms with Crippen molar-refractivity contribution in [1.29, 1.82) is 0 Å². The summed E-state index contributed by atoms with van der Waals surface area (Å²) in [6, 6.07) is 2.80. The van der Waals surface area contributed by atoms with Gasteiger partial charge >= 0.3 is 5.97 Å².